The molecule has 1 aromatic carbocycles. The number of ether oxygens (including phenoxy) is 1. The third-order valence-corrected chi connectivity index (χ3v) is 4.57. The van der Waals surface area contributed by atoms with Gasteiger partial charge in [-0.25, -0.2) is 14.4 Å². The van der Waals surface area contributed by atoms with Crippen LogP contribution in [-0.4, -0.2) is 77.1 Å². The number of pyridine rings is 1. The Morgan fingerprint density at radius 3 is 2.45 bits per heavy atom. The minimum absolute atomic E-state index is 0.00142. The fourth-order valence-electron chi connectivity index (χ4n) is 2.60. The van der Waals surface area contributed by atoms with Gasteiger partial charge in [0.25, 0.3) is 5.91 Å². The summed E-state index contributed by atoms with van der Waals surface area (Å²) in [6.45, 7) is -0.218. The number of rotatable bonds is 8. The highest BCUT2D eigenvalue weighted by molar-refractivity contribution is 6.66. The van der Waals surface area contributed by atoms with E-state index >= 15 is 0 Å². The van der Waals surface area contributed by atoms with Crippen molar-refractivity contribution in [2.75, 3.05) is 6.54 Å². The number of hydrogen-bond donors (Lipinski definition) is 2. The average Bonchev–Trinajstić information content (AvgIpc) is 2.77. The average molecular weight is 431 g/mol. The number of nitrogens with one attached hydrogen (secondary N) is 1. The predicted molar refractivity (Wildman–Crippen MR) is 124 cm³/mol. The maximum Gasteiger partial charge on any atom is 0.271 e. The minimum Gasteiger partial charge on any atom is -0.493 e. The number of nitrogens with zero attached hydrogens (tertiary/aromatic N) is 3. The summed E-state index contributed by atoms with van der Waals surface area (Å²) < 4.78 is 19.0. The third kappa shape index (κ3) is 6.04. The van der Waals surface area contributed by atoms with Crippen molar-refractivity contribution in [3.63, 3.8) is 0 Å². The molecule has 3 rings (SSSR count). The molecule has 0 aliphatic carbocycles. The molecular weight excluding hydrogens is 417 g/mol. The first-order valence-electron chi connectivity index (χ1n) is 9.60. The number of aliphatic hydroxyl groups excluding tert-OH is 1. The van der Waals surface area contributed by atoms with E-state index in [1.54, 1.807) is 12.1 Å². The molecule has 0 bridgehead atoms. The van der Waals surface area contributed by atoms with Crippen molar-refractivity contribution in [2.45, 2.75) is 16.6 Å². The number of amides is 1. The minimum atomic E-state index is -2.09. The van der Waals surface area contributed by atoms with Gasteiger partial charge in [0, 0.05) is 35.3 Å². The van der Waals surface area contributed by atoms with E-state index in [2.05, 4.69) is 20.3 Å². The molecule has 33 heavy (non-hydrogen) atoms. The second-order valence-corrected chi connectivity index (χ2v) is 7.25. The monoisotopic (exact) mass is 432 g/mol. The van der Waals surface area contributed by atoms with Gasteiger partial charge in [0.1, 0.15) is 27.2 Å². The van der Waals surface area contributed by atoms with Gasteiger partial charge in [-0.3, -0.25) is 9.78 Å². The maximum atomic E-state index is 13.8. The summed E-state index contributed by atoms with van der Waals surface area (Å²) in [5.41, 5.74) is 0.876. The normalized spacial score (nSPS) is 12.7. The molecule has 0 fully saturated rings. The predicted octanol–water partition coefficient (Wildman–Crippen LogP) is 0.0899. The van der Waals surface area contributed by atoms with E-state index in [0.29, 0.717) is 11.3 Å². The zero-order valence-corrected chi connectivity index (χ0v) is 17.4. The highest BCUT2D eigenvalue weighted by Crippen LogP contribution is 2.28. The molecule has 10 radical (unpaired) electrons. The van der Waals surface area contributed by atoms with Gasteiger partial charge in [0.2, 0.25) is 5.88 Å². The van der Waals surface area contributed by atoms with Crippen LogP contribution in [0.4, 0.5) is 4.39 Å². The molecule has 3 aromatic rings. The molecule has 0 saturated carbocycles. The van der Waals surface area contributed by atoms with Crippen molar-refractivity contribution in [2.24, 2.45) is 0 Å². The molecule has 0 saturated heterocycles. The summed E-state index contributed by atoms with van der Waals surface area (Å²) in [6.07, 6.45) is 2.82. The van der Waals surface area contributed by atoms with Crippen LogP contribution in [0.15, 0.2) is 55.0 Å². The van der Waals surface area contributed by atoms with Crippen molar-refractivity contribution in [3.8, 4) is 17.1 Å². The lowest BCUT2D eigenvalue weighted by atomic mass is 9.28. The maximum absolute atomic E-state index is 13.8. The van der Waals surface area contributed by atoms with Gasteiger partial charge in [0.05, 0.1) is 47.7 Å². The Hall–Kier alpha value is -3.07. The summed E-state index contributed by atoms with van der Waals surface area (Å²) in [6, 6.07) is 8.73. The number of aliphatic hydroxyl groups is 1. The first-order valence-corrected chi connectivity index (χ1v) is 9.60. The van der Waals surface area contributed by atoms with Gasteiger partial charge in [0.15, 0.2) is 0 Å². The summed E-state index contributed by atoms with van der Waals surface area (Å²) in [4.78, 5) is 24.7. The fraction of sp³-hybridized carbons (Fsp3) is 0.200. The molecule has 1 atom stereocenters. The summed E-state index contributed by atoms with van der Waals surface area (Å²) in [5, 5.41) is 8.51. The van der Waals surface area contributed by atoms with Crippen molar-refractivity contribution < 1.29 is 19.0 Å². The Morgan fingerprint density at radius 1 is 1.09 bits per heavy atom. The molecule has 0 aliphatic heterocycles. The van der Waals surface area contributed by atoms with Crippen molar-refractivity contribution in [3.05, 3.63) is 72.1 Å². The third-order valence-electron chi connectivity index (χ3n) is 4.57. The largest absolute Gasteiger partial charge is 0.493 e. The number of benzene rings is 1. The summed E-state index contributed by atoms with van der Waals surface area (Å²) in [5.74, 6) is -1.18. The Bertz CT molecular complexity index is 1130. The van der Waals surface area contributed by atoms with Crippen LogP contribution >= 0.6 is 0 Å². The Kier molecular flexibility index (Phi) is 7.32. The standard InChI is InChI=1S/C20H14B5FN4O3/c21-19(22,23)20(24,25)33-17-6-5-11(7-28-17)14-8-27-9-15(30-14)18(32)29-10-16(31)12-3-1-2-4-13(12)26/h1-9,16,31H,10H2,(H,29,32). The van der Waals surface area contributed by atoms with Crippen molar-refractivity contribution >= 4 is 45.1 Å². The topological polar surface area (TPSA) is 97.2 Å². The highest BCUT2D eigenvalue weighted by atomic mass is 19.1. The molecule has 1 unspecified atom stereocenters. The van der Waals surface area contributed by atoms with Crippen LogP contribution in [0.5, 0.6) is 5.88 Å². The van der Waals surface area contributed by atoms with Crippen LogP contribution in [0.25, 0.3) is 11.3 Å². The lowest BCUT2D eigenvalue weighted by Crippen LogP contribution is -2.51. The first kappa shape index (κ1) is 24.6. The smallest absolute Gasteiger partial charge is 0.271 e. The number of carbonyl (C=O) groups excluding carboxylic acids is 1. The molecule has 2 heterocycles. The summed E-state index contributed by atoms with van der Waals surface area (Å²) >= 11 is 0. The Labute approximate surface area is 197 Å². The van der Waals surface area contributed by atoms with Gasteiger partial charge >= 0.3 is 0 Å². The van der Waals surface area contributed by atoms with E-state index in [0.717, 1.165) is 0 Å². The molecule has 154 valence electrons. The SMILES string of the molecule is [B]C([B])([B])C([B])([B])Oc1ccc(-c2cncc(C(=O)NCC(O)c3ccccc3F)n2)cn1. The molecule has 13 heteroatoms. The van der Waals surface area contributed by atoms with Crippen LogP contribution < -0.4 is 10.1 Å². The molecular formula is C20H14B5FN4O3. The molecule has 1 amide bonds. The van der Waals surface area contributed by atoms with Crippen LogP contribution in [0.3, 0.4) is 0 Å². The van der Waals surface area contributed by atoms with E-state index < -0.39 is 28.3 Å². The van der Waals surface area contributed by atoms with Crippen LogP contribution in [0, 0.1) is 5.82 Å². The van der Waals surface area contributed by atoms with Gasteiger partial charge in [-0.1, -0.05) is 18.2 Å². The Morgan fingerprint density at radius 2 is 1.82 bits per heavy atom. The zero-order valence-electron chi connectivity index (χ0n) is 17.4. The second kappa shape index (κ2) is 9.83. The molecule has 0 spiro atoms. The zero-order chi connectivity index (χ0) is 24.2. The van der Waals surface area contributed by atoms with E-state index in [-0.39, 0.29) is 23.7 Å². The molecule has 7 nitrogen and oxygen atoms in total. The van der Waals surface area contributed by atoms with E-state index in [1.165, 1.54) is 42.9 Å². The number of aromatic nitrogens is 3. The molecule has 2 aromatic heterocycles. The van der Waals surface area contributed by atoms with Gasteiger partial charge in [-0.05, 0) is 12.1 Å². The first-order chi connectivity index (χ1) is 15.5. The van der Waals surface area contributed by atoms with E-state index in [4.69, 9.17) is 44.0 Å². The van der Waals surface area contributed by atoms with Crippen molar-refractivity contribution in [1.82, 2.24) is 20.3 Å². The van der Waals surface area contributed by atoms with Crippen LogP contribution in [0.2, 0.25) is 5.11 Å². The molecule has 2 N–H and O–H groups in total. The van der Waals surface area contributed by atoms with Crippen molar-refractivity contribution in [1.29, 1.82) is 0 Å². The van der Waals surface area contributed by atoms with Crippen LogP contribution in [-0.2, 0) is 0 Å². The lowest BCUT2D eigenvalue weighted by molar-refractivity contribution is 0.0909. The van der Waals surface area contributed by atoms with Gasteiger partial charge < -0.3 is 15.2 Å². The van der Waals surface area contributed by atoms with Crippen LogP contribution in [0.1, 0.15) is 22.2 Å². The lowest BCUT2D eigenvalue weighted by Gasteiger charge is -2.41. The van der Waals surface area contributed by atoms with E-state index in [1.807, 2.05) is 0 Å². The quantitative estimate of drug-likeness (QED) is 0.491. The van der Waals surface area contributed by atoms with Gasteiger partial charge in [-0.15, -0.1) is 5.11 Å². The van der Waals surface area contributed by atoms with E-state index in [9.17, 15) is 14.3 Å². The highest BCUT2D eigenvalue weighted by Gasteiger charge is 2.32. The fourth-order valence-corrected chi connectivity index (χ4v) is 2.60. The number of carbonyl (C=O) groups is 1. The number of hydrogen-bond acceptors (Lipinski definition) is 6. The van der Waals surface area contributed by atoms with Gasteiger partial charge in [-0.2, -0.15) is 0 Å². The summed E-state index contributed by atoms with van der Waals surface area (Å²) in [7, 11) is 27.7. The Balaban J connectivity index is 1.68. The molecule has 0 aliphatic rings. The second-order valence-electron chi connectivity index (χ2n) is 7.25. The number of halogens is 1.